The number of carbonyl (C=O) groups is 1. The second-order valence-electron chi connectivity index (χ2n) is 5.39. The van der Waals surface area contributed by atoms with Crippen molar-refractivity contribution in [2.45, 2.75) is 18.7 Å². The van der Waals surface area contributed by atoms with Gasteiger partial charge in [0.15, 0.2) is 5.75 Å². The number of aromatic nitrogens is 1. The van der Waals surface area contributed by atoms with Crippen LogP contribution in [0.2, 0.25) is 5.02 Å². The molecular formula is C16H11ClF3NO4. The third kappa shape index (κ3) is 3.63. The summed E-state index contributed by atoms with van der Waals surface area (Å²) in [5.74, 6) is -3.18. The van der Waals surface area contributed by atoms with Crippen LogP contribution in [0, 0.1) is 5.92 Å². The molecule has 2 aromatic rings. The Labute approximate surface area is 145 Å². The number of fused-ring (bicyclic) bond motifs is 1. The molecule has 0 spiro atoms. The maximum atomic E-state index is 13.1. The van der Waals surface area contributed by atoms with Crippen molar-refractivity contribution in [2.24, 2.45) is 5.92 Å². The topological polar surface area (TPSA) is 68.7 Å². The van der Waals surface area contributed by atoms with Crippen LogP contribution in [0.5, 0.6) is 17.4 Å². The summed E-state index contributed by atoms with van der Waals surface area (Å²) in [4.78, 5) is 15.1. The summed E-state index contributed by atoms with van der Waals surface area (Å²) >= 11 is 6.09. The van der Waals surface area contributed by atoms with E-state index < -0.39 is 24.2 Å². The zero-order chi connectivity index (χ0) is 18.2. The summed E-state index contributed by atoms with van der Waals surface area (Å²) in [6.45, 7) is 0. The molecular weight excluding hydrogens is 363 g/mol. The van der Waals surface area contributed by atoms with Gasteiger partial charge in [0.1, 0.15) is 11.7 Å². The molecule has 3 rings (SSSR count). The number of hydrogen-bond acceptors (Lipinski definition) is 4. The van der Waals surface area contributed by atoms with Crippen molar-refractivity contribution in [3.05, 3.63) is 47.1 Å². The molecule has 2 unspecified atom stereocenters. The summed E-state index contributed by atoms with van der Waals surface area (Å²) in [5, 5.41) is 9.18. The zero-order valence-corrected chi connectivity index (χ0v) is 13.2. The Kier molecular flexibility index (Phi) is 4.47. The van der Waals surface area contributed by atoms with Crippen molar-refractivity contribution in [1.82, 2.24) is 4.98 Å². The Morgan fingerprint density at radius 1 is 1.36 bits per heavy atom. The van der Waals surface area contributed by atoms with Gasteiger partial charge in [0.25, 0.3) is 0 Å². The summed E-state index contributed by atoms with van der Waals surface area (Å²) in [6.07, 6.45) is -6.13. The lowest BCUT2D eigenvalue weighted by molar-refractivity contribution is -0.217. The average Bonchev–Trinajstić information content (AvgIpc) is 2.54. The van der Waals surface area contributed by atoms with Crippen LogP contribution in [0.1, 0.15) is 5.56 Å². The molecule has 0 radical (unpaired) electrons. The number of hydrogen-bond donors (Lipinski definition) is 1. The van der Waals surface area contributed by atoms with Gasteiger partial charge in [-0.05, 0) is 24.1 Å². The second kappa shape index (κ2) is 6.44. The van der Waals surface area contributed by atoms with Gasteiger partial charge in [0, 0.05) is 18.3 Å². The molecule has 1 aliphatic heterocycles. The lowest BCUT2D eigenvalue weighted by atomic mass is 9.90. The highest BCUT2D eigenvalue weighted by Gasteiger charge is 2.52. The maximum absolute atomic E-state index is 13.1. The highest BCUT2D eigenvalue weighted by Crippen LogP contribution is 2.43. The van der Waals surface area contributed by atoms with Gasteiger partial charge < -0.3 is 14.6 Å². The SMILES string of the molecule is O=C(O)C1Cc2cc(Cl)c(Oc3ccccn3)cc2OC1C(F)(F)F. The van der Waals surface area contributed by atoms with Gasteiger partial charge in [-0.1, -0.05) is 17.7 Å². The molecule has 25 heavy (non-hydrogen) atoms. The highest BCUT2D eigenvalue weighted by atomic mass is 35.5. The second-order valence-corrected chi connectivity index (χ2v) is 5.80. The van der Waals surface area contributed by atoms with Gasteiger partial charge in [-0.15, -0.1) is 0 Å². The molecule has 0 saturated carbocycles. The minimum atomic E-state index is -4.82. The minimum Gasteiger partial charge on any atom is -0.481 e. The van der Waals surface area contributed by atoms with E-state index in [4.69, 9.17) is 26.2 Å². The summed E-state index contributed by atoms with van der Waals surface area (Å²) < 4.78 is 49.7. The van der Waals surface area contributed by atoms with E-state index in [1.54, 1.807) is 18.2 Å². The number of carboxylic acids is 1. The van der Waals surface area contributed by atoms with Crippen LogP contribution in [-0.4, -0.2) is 28.3 Å². The van der Waals surface area contributed by atoms with Crippen molar-refractivity contribution >= 4 is 17.6 Å². The van der Waals surface area contributed by atoms with Crippen LogP contribution >= 0.6 is 11.6 Å². The third-order valence-corrected chi connectivity index (χ3v) is 3.96. The van der Waals surface area contributed by atoms with Crippen LogP contribution in [0.4, 0.5) is 13.2 Å². The molecule has 2 atom stereocenters. The Morgan fingerprint density at radius 3 is 2.72 bits per heavy atom. The number of halogens is 4. The van der Waals surface area contributed by atoms with Crippen molar-refractivity contribution in [3.63, 3.8) is 0 Å². The molecule has 0 bridgehead atoms. The van der Waals surface area contributed by atoms with Gasteiger partial charge in [0.05, 0.1) is 5.02 Å². The van der Waals surface area contributed by atoms with E-state index in [0.29, 0.717) is 0 Å². The molecule has 1 N–H and O–H groups in total. The first kappa shape index (κ1) is 17.3. The van der Waals surface area contributed by atoms with E-state index in [2.05, 4.69) is 4.98 Å². The quantitative estimate of drug-likeness (QED) is 0.877. The Morgan fingerprint density at radius 2 is 2.12 bits per heavy atom. The zero-order valence-electron chi connectivity index (χ0n) is 12.5. The summed E-state index contributed by atoms with van der Waals surface area (Å²) in [7, 11) is 0. The number of rotatable bonds is 3. The summed E-state index contributed by atoms with van der Waals surface area (Å²) in [5.41, 5.74) is 0.270. The monoisotopic (exact) mass is 373 g/mol. The Balaban J connectivity index is 1.96. The standard InChI is InChI=1S/C16H11ClF3NO4/c17-10-6-8-5-9(15(22)23)14(16(18,19)20)25-11(8)7-12(10)24-13-3-1-2-4-21-13/h1-4,6-7,9,14H,5H2,(H,22,23). The van der Waals surface area contributed by atoms with Crippen molar-refractivity contribution < 1.29 is 32.5 Å². The smallest absolute Gasteiger partial charge is 0.426 e. The largest absolute Gasteiger partial charge is 0.481 e. The molecule has 9 heteroatoms. The fourth-order valence-electron chi connectivity index (χ4n) is 2.52. The normalized spacial score (nSPS) is 19.7. The third-order valence-electron chi connectivity index (χ3n) is 3.67. The lowest BCUT2D eigenvalue weighted by Gasteiger charge is -2.32. The molecule has 0 fully saturated rings. The number of aliphatic carboxylic acids is 1. The fraction of sp³-hybridized carbons (Fsp3) is 0.250. The van der Waals surface area contributed by atoms with Crippen molar-refractivity contribution in [1.29, 1.82) is 0 Å². The van der Waals surface area contributed by atoms with Crippen molar-refractivity contribution in [2.75, 3.05) is 0 Å². The fourth-order valence-corrected chi connectivity index (χ4v) is 2.74. The van der Waals surface area contributed by atoms with E-state index in [9.17, 15) is 18.0 Å². The molecule has 1 aliphatic rings. The molecule has 0 saturated heterocycles. The summed E-state index contributed by atoms with van der Waals surface area (Å²) in [6, 6.07) is 7.45. The van der Waals surface area contributed by atoms with Gasteiger partial charge in [-0.25, -0.2) is 4.98 Å². The number of ether oxygens (including phenoxy) is 2. The molecule has 5 nitrogen and oxygen atoms in total. The number of pyridine rings is 1. The Bertz CT molecular complexity index is 798. The first-order valence-corrected chi connectivity index (χ1v) is 7.51. The first-order valence-electron chi connectivity index (χ1n) is 7.13. The predicted molar refractivity (Wildman–Crippen MR) is 81.1 cm³/mol. The Hall–Kier alpha value is -2.48. The van der Waals surface area contributed by atoms with E-state index in [0.717, 1.165) is 0 Å². The van der Waals surface area contributed by atoms with Gasteiger partial charge >= 0.3 is 12.1 Å². The van der Waals surface area contributed by atoms with Gasteiger partial charge in [-0.2, -0.15) is 13.2 Å². The van der Waals surface area contributed by atoms with Crippen molar-refractivity contribution in [3.8, 4) is 17.4 Å². The molecule has 0 aliphatic carbocycles. The van der Waals surface area contributed by atoms with Gasteiger partial charge in [-0.3, -0.25) is 4.79 Å². The van der Waals surface area contributed by atoms with Crippen LogP contribution in [0.15, 0.2) is 36.5 Å². The minimum absolute atomic E-state index is 0.0637. The average molecular weight is 374 g/mol. The number of carboxylic acid groups (broad SMARTS) is 1. The lowest BCUT2D eigenvalue weighted by Crippen LogP contribution is -2.47. The molecule has 1 aromatic carbocycles. The first-order chi connectivity index (χ1) is 11.8. The van der Waals surface area contributed by atoms with E-state index in [1.807, 2.05) is 0 Å². The number of alkyl halides is 3. The number of benzene rings is 1. The highest BCUT2D eigenvalue weighted by molar-refractivity contribution is 6.32. The molecule has 1 aromatic heterocycles. The molecule has 132 valence electrons. The van der Waals surface area contributed by atoms with Crippen LogP contribution < -0.4 is 9.47 Å². The van der Waals surface area contributed by atoms with Gasteiger partial charge in [0.2, 0.25) is 12.0 Å². The van der Waals surface area contributed by atoms with E-state index in [-0.39, 0.29) is 34.4 Å². The van der Waals surface area contributed by atoms with E-state index >= 15 is 0 Å². The predicted octanol–water partition coefficient (Wildman–Crippen LogP) is 4.09. The number of nitrogens with zero attached hydrogens (tertiary/aromatic N) is 1. The maximum Gasteiger partial charge on any atom is 0.426 e. The molecule has 2 heterocycles. The van der Waals surface area contributed by atoms with E-state index in [1.165, 1.54) is 18.3 Å². The molecule has 0 amide bonds. The van der Waals surface area contributed by atoms with Crippen LogP contribution in [-0.2, 0) is 11.2 Å². The van der Waals surface area contributed by atoms with Crippen LogP contribution in [0.3, 0.4) is 0 Å². The van der Waals surface area contributed by atoms with Crippen LogP contribution in [0.25, 0.3) is 0 Å².